The van der Waals surface area contributed by atoms with E-state index in [9.17, 15) is 18.0 Å². The van der Waals surface area contributed by atoms with Crippen LogP contribution < -0.4 is 10.9 Å². The summed E-state index contributed by atoms with van der Waals surface area (Å²) in [6, 6.07) is 10.7. The van der Waals surface area contributed by atoms with Gasteiger partial charge in [0, 0.05) is 37.1 Å². The Morgan fingerprint density at radius 3 is 2.62 bits per heavy atom. The average Bonchev–Trinajstić information content (AvgIpc) is 3.13. The fraction of sp³-hybridized carbons (Fsp3) is 0.333. The van der Waals surface area contributed by atoms with Crippen molar-refractivity contribution in [2.24, 2.45) is 0 Å². The first-order valence-electron chi connectivity index (χ1n) is 9.46. The second-order valence-corrected chi connectivity index (χ2v) is 6.82. The van der Waals surface area contributed by atoms with Crippen LogP contribution in [0.25, 0.3) is 0 Å². The SMILES string of the molecule is O=c1ccccn1CCCCNCc1cnn(Cc2ccccc2C(F)(F)F)c1. The first-order valence-corrected chi connectivity index (χ1v) is 9.46. The van der Waals surface area contributed by atoms with Crippen molar-refractivity contribution in [1.82, 2.24) is 19.7 Å². The summed E-state index contributed by atoms with van der Waals surface area (Å²) in [5.41, 5.74) is 0.472. The van der Waals surface area contributed by atoms with Crippen LogP contribution >= 0.6 is 0 Å². The number of nitrogens with zero attached hydrogens (tertiary/aromatic N) is 3. The summed E-state index contributed by atoms with van der Waals surface area (Å²) >= 11 is 0. The van der Waals surface area contributed by atoms with E-state index in [2.05, 4.69) is 10.4 Å². The third kappa shape index (κ3) is 6.05. The lowest BCUT2D eigenvalue weighted by Gasteiger charge is -2.12. The predicted octanol–water partition coefficient (Wildman–Crippen LogP) is 3.68. The first-order chi connectivity index (χ1) is 13.9. The maximum atomic E-state index is 13.1. The van der Waals surface area contributed by atoms with Gasteiger partial charge in [-0.3, -0.25) is 9.48 Å². The Morgan fingerprint density at radius 1 is 1.03 bits per heavy atom. The highest BCUT2D eigenvalue weighted by Gasteiger charge is 2.32. The molecule has 8 heteroatoms. The number of alkyl halides is 3. The molecular formula is C21H23F3N4O. The van der Waals surface area contributed by atoms with Crippen LogP contribution in [0.1, 0.15) is 29.5 Å². The summed E-state index contributed by atoms with van der Waals surface area (Å²) in [5, 5.41) is 7.47. The fourth-order valence-electron chi connectivity index (χ4n) is 3.10. The van der Waals surface area contributed by atoms with Gasteiger partial charge in [0.2, 0.25) is 5.56 Å². The molecule has 0 saturated heterocycles. The van der Waals surface area contributed by atoms with Crippen molar-refractivity contribution in [3.8, 4) is 0 Å². The Labute approximate surface area is 166 Å². The van der Waals surface area contributed by atoms with Crippen molar-refractivity contribution in [3.63, 3.8) is 0 Å². The molecule has 0 bridgehead atoms. The molecule has 3 aromatic rings. The van der Waals surface area contributed by atoms with E-state index in [0.29, 0.717) is 13.1 Å². The van der Waals surface area contributed by atoms with Gasteiger partial charge in [0.25, 0.3) is 0 Å². The third-order valence-corrected chi connectivity index (χ3v) is 4.57. The van der Waals surface area contributed by atoms with Crippen molar-refractivity contribution in [2.45, 2.75) is 38.7 Å². The van der Waals surface area contributed by atoms with Gasteiger partial charge in [0.15, 0.2) is 0 Å². The molecule has 29 heavy (non-hydrogen) atoms. The van der Waals surface area contributed by atoms with Crippen molar-refractivity contribution in [1.29, 1.82) is 0 Å². The molecule has 0 saturated carbocycles. The zero-order valence-electron chi connectivity index (χ0n) is 15.9. The van der Waals surface area contributed by atoms with Gasteiger partial charge in [-0.2, -0.15) is 18.3 Å². The Bertz CT molecular complexity index is 978. The molecule has 1 N–H and O–H groups in total. The molecule has 5 nitrogen and oxygen atoms in total. The number of nitrogens with one attached hydrogen (secondary N) is 1. The highest BCUT2D eigenvalue weighted by atomic mass is 19.4. The summed E-state index contributed by atoms with van der Waals surface area (Å²) in [5.74, 6) is 0. The molecule has 3 rings (SSSR count). The zero-order chi connectivity index (χ0) is 20.7. The van der Waals surface area contributed by atoms with Gasteiger partial charge in [-0.15, -0.1) is 0 Å². The fourth-order valence-corrected chi connectivity index (χ4v) is 3.10. The lowest BCUT2D eigenvalue weighted by atomic mass is 10.1. The van der Waals surface area contributed by atoms with E-state index < -0.39 is 11.7 Å². The van der Waals surface area contributed by atoms with Gasteiger partial charge >= 0.3 is 6.18 Å². The molecule has 0 aliphatic heterocycles. The van der Waals surface area contributed by atoms with Crippen LogP contribution in [0.5, 0.6) is 0 Å². The Hall–Kier alpha value is -2.87. The number of aromatic nitrogens is 3. The maximum absolute atomic E-state index is 13.1. The molecule has 154 valence electrons. The van der Waals surface area contributed by atoms with Gasteiger partial charge < -0.3 is 9.88 Å². The molecule has 0 amide bonds. The van der Waals surface area contributed by atoms with Gasteiger partial charge in [0.05, 0.1) is 18.3 Å². The lowest BCUT2D eigenvalue weighted by molar-refractivity contribution is -0.138. The standard InChI is InChI=1S/C21H23F3N4O/c22-21(23,24)19-8-2-1-7-18(19)16-28-15-17(14-26-28)13-25-10-4-6-12-27-11-5-3-9-20(27)29/h1-3,5,7-9,11,14-15,25H,4,6,10,12-13,16H2. The van der Waals surface area contributed by atoms with Gasteiger partial charge in [-0.25, -0.2) is 0 Å². The minimum atomic E-state index is -4.38. The van der Waals surface area contributed by atoms with Crippen molar-refractivity contribution >= 4 is 0 Å². The highest BCUT2D eigenvalue weighted by molar-refractivity contribution is 5.29. The number of benzene rings is 1. The number of halogens is 3. The van der Waals surface area contributed by atoms with Crippen LogP contribution in [-0.2, 0) is 25.8 Å². The average molecular weight is 404 g/mol. The molecule has 2 heterocycles. The molecule has 0 fully saturated rings. The van der Waals surface area contributed by atoms with Crippen LogP contribution in [0.4, 0.5) is 13.2 Å². The number of pyridine rings is 1. The van der Waals surface area contributed by atoms with Gasteiger partial charge in [-0.1, -0.05) is 24.3 Å². The monoisotopic (exact) mass is 404 g/mol. The largest absolute Gasteiger partial charge is 0.416 e. The summed E-state index contributed by atoms with van der Waals surface area (Å²) in [7, 11) is 0. The van der Waals surface area contributed by atoms with E-state index in [4.69, 9.17) is 0 Å². The molecule has 0 spiro atoms. The molecule has 1 aromatic carbocycles. The van der Waals surface area contributed by atoms with Crippen LogP contribution in [0.2, 0.25) is 0 Å². The van der Waals surface area contributed by atoms with Crippen LogP contribution in [0.3, 0.4) is 0 Å². The van der Waals surface area contributed by atoms with E-state index >= 15 is 0 Å². The molecule has 0 atom stereocenters. The van der Waals surface area contributed by atoms with Gasteiger partial charge in [-0.05, 0) is 37.1 Å². The number of unbranched alkanes of at least 4 members (excludes halogenated alkanes) is 1. The van der Waals surface area contributed by atoms with E-state index in [1.54, 1.807) is 41.4 Å². The predicted molar refractivity (Wildman–Crippen MR) is 104 cm³/mol. The second-order valence-electron chi connectivity index (χ2n) is 6.82. The number of hydrogen-bond donors (Lipinski definition) is 1. The maximum Gasteiger partial charge on any atom is 0.416 e. The summed E-state index contributed by atoms with van der Waals surface area (Å²) in [6.45, 7) is 2.12. The molecule has 0 aliphatic rings. The Balaban J connectivity index is 1.43. The zero-order valence-corrected chi connectivity index (χ0v) is 15.9. The van der Waals surface area contributed by atoms with Crippen LogP contribution in [0, 0.1) is 0 Å². The summed E-state index contributed by atoms with van der Waals surface area (Å²) in [6.07, 6.45) is 2.61. The van der Waals surface area contributed by atoms with E-state index in [1.807, 2.05) is 6.07 Å². The number of hydrogen-bond acceptors (Lipinski definition) is 3. The molecule has 0 unspecified atom stereocenters. The normalized spacial score (nSPS) is 11.7. The van der Waals surface area contributed by atoms with Crippen LogP contribution in [0.15, 0.2) is 65.8 Å². The Kier molecular flexibility index (Phi) is 6.87. The van der Waals surface area contributed by atoms with E-state index in [-0.39, 0.29) is 17.7 Å². The minimum absolute atomic E-state index is 0.0000279. The van der Waals surface area contributed by atoms with Crippen LogP contribution in [-0.4, -0.2) is 20.9 Å². The summed E-state index contributed by atoms with van der Waals surface area (Å²) < 4.78 is 42.5. The highest BCUT2D eigenvalue weighted by Crippen LogP contribution is 2.32. The van der Waals surface area contributed by atoms with Gasteiger partial charge in [0.1, 0.15) is 0 Å². The van der Waals surface area contributed by atoms with Crippen molar-refractivity contribution in [3.05, 3.63) is 88.1 Å². The third-order valence-electron chi connectivity index (χ3n) is 4.57. The van der Waals surface area contributed by atoms with Crippen molar-refractivity contribution in [2.75, 3.05) is 6.54 Å². The van der Waals surface area contributed by atoms with Crippen molar-refractivity contribution < 1.29 is 13.2 Å². The molecule has 0 aliphatic carbocycles. The first kappa shape index (κ1) is 20.9. The minimum Gasteiger partial charge on any atom is -0.316 e. The van der Waals surface area contributed by atoms with E-state index in [1.165, 1.54) is 16.8 Å². The number of aryl methyl sites for hydroxylation is 1. The number of rotatable bonds is 9. The Morgan fingerprint density at radius 2 is 1.83 bits per heavy atom. The molecule has 2 aromatic heterocycles. The van der Waals surface area contributed by atoms with E-state index in [0.717, 1.165) is 31.0 Å². The second kappa shape index (κ2) is 9.56. The quantitative estimate of drug-likeness (QED) is 0.554. The smallest absolute Gasteiger partial charge is 0.316 e. The topological polar surface area (TPSA) is 51.9 Å². The molecule has 0 radical (unpaired) electrons. The lowest BCUT2D eigenvalue weighted by Crippen LogP contribution is -2.19. The summed E-state index contributed by atoms with van der Waals surface area (Å²) in [4.78, 5) is 11.6. The molecular weight excluding hydrogens is 381 g/mol.